The lowest BCUT2D eigenvalue weighted by atomic mass is 10.1. The zero-order valence-corrected chi connectivity index (χ0v) is 22.2. The third-order valence-corrected chi connectivity index (χ3v) is 8.05. The van der Waals surface area contributed by atoms with E-state index < -0.39 is 0 Å². The monoisotopic (exact) mass is 529 g/mol. The van der Waals surface area contributed by atoms with Gasteiger partial charge in [0, 0.05) is 23.5 Å². The van der Waals surface area contributed by atoms with Gasteiger partial charge in [-0.15, -0.1) is 0 Å². The minimum Gasteiger partial charge on any atom is -0.351 e. The molecule has 0 spiro atoms. The molecule has 0 saturated carbocycles. The number of fused-ring (bicyclic) bond motifs is 1. The predicted molar refractivity (Wildman–Crippen MR) is 152 cm³/mol. The van der Waals surface area contributed by atoms with Crippen molar-refractivity contribution in [2.24, 2.45) is 0 Å². The summed E-state index contributed by atoms with van der Waals surface area (Å²) in [5.41, 5.74) is 3.15. The maximum Gasteiger partial charge on any atom is 0.265 e. The van der Waals surface area contributed by atoms with Gasteiger partial charge in [0.05, 0.1) is 17.1 Å². The first kappa shape index (κ1) is 26.2. The van der Waals surface area contributed by atoms with Crippen molar-refractivity contribution in [3.63, 3.8) is 0 Å². The Morgan fingerprint density at radius 1 is 0.921 bits per heavy atom. The van der Waals surface area contributed by atoms with Crippen LogP contribution in [0, 0.1) is 5.82 Å². The lowest BCUT2D eigenvalue weighted by Gasteiger charge is -2.30. The molecule has 3 aromatic carbocycles. The molecule has 5 nitrogen and oxygen atoms in total. The van der Waals surface area contributed by atoms with Crippen molar-refractivity contribution < 1.29 is 14.0 Å². The van der Waals surface area contributed by atoms with Crippen LogP contribution in [0.15, 0.2) is 82.6 Å². The van der Waals surface area contributed by atoms with Crippen molar-refractivity contribution in [3.8, 4) is 0 Å². The van der Waals surface area contributed by atoms with Crippen LogP contribution in [0.25, 0.3) is 6.08 Å². The molecule has 1 saturated heterocycles. The van der Waals surface area contributed by atoms with Crippen molar-refractivity contribution in [2.75, 3.05) is 31.1 Å². The molecule has 2 heterocycles. The number of carbonyl (C=O) groups is 2. The Bertz CT molecular complexity index is 1300. The van der Waals surface area contributed by atoms with Gasteiger partial charge in [0.25, 0.3) is 11.8 Å². The van der Waals surface area contributed by atoms with Gasteiger partial charge in [-0.25, -0.2) is 4.39 Å². The van der Waals surface area contributed by atoms with E-state index in [0.29, 0.717) is 23.6 Å². The molecule has 2 aliphatic rings. The van der Waals surface area contributed by atoms with Crippen molar-refractivity contribution in [1.29, 1.82) is 0 Å². The average Bonchev–Trinajstić information content (AvgIpc) is 3.21. The smallest absolute Gasteiger partial charge is 0.265 e. The van der Waals surface area contributed by atoms with Gasteiger partial charge in [-0.1, -0.05) is 61.0 Å². The van der Waals surface area contributed by atoms with Gasteiger partial charge >= 0.3 is 0 Å². The van der Waals surface area contributed by atoms with E-state index in [1.807, 2.05) is 42.5 Å². The van der Waals surface area contributed by atoms with Crippen LogP contribution in [0.4, 0.5) is 10.1 Å². The molecule has 0 radical (unpaired) electrons. The number of anilines is 1. The molecule has 0 atom stereocenters. The normalized spacial score (nSPS) is 17.2. The minimum atomic E-state index is -0.301. The van der Waals surface area contributed by atoms with Gasteiger partial charge < -0.3 is 15.1 Å². The molecule has 5 rings (SSSR count). The van der Waals surface area contributed by atoms with Gasteiger partial charge in [0.1, 0.15) is 5.82 Å². The van der Waals surface area contributed by atoms with Crippen LogP contribution in [0.2, 0.25) is 0 Å². The van der Waals surface area contributed by atoms with E-state index in [-0.39, 0.29) is 17.6 Å². The number of hydrogen-bond donors (Lipinski definition) is 1. The van der Waals surface area contributed by atoms with Crippen LogP contribution in [-0.2, 0) is 11.3 Å². The van der Waals surface area contributed by atoms with Gasteiger partial charge in [-0.05, 0) is 79.5 Å². The second-order valence-electron chi connectivity index (χ2n) is 9.73. The first-order valence-corrected chi connectivity index (χ1v) is 14.0. The molecule has 2 amide bonds. The third kappa shape index (κ3) is 6.52. The van der Waals surface area contributed by atoms with Crippen molar-refractivity contribution in [3.05, 3.63) is 100 Å². The van der Waals surface area contributed by atoms with Crippen LogP contribution in [0.3, 0.4) is 0 Å². The van der Waals surface area contributed by atoms with Gasteiger partial charge in [0.2, 0.25) is 0 Å². The standard InChI is InChI=1S/C31H32FN3O2S/c32-26-15-11-24(12-16-26)22-35-27-7-3-4-8-28(27)38-29(31(35)37)21-23-9-13-25(14-10-23)30(36)33-17-20-34-18-5-1-2-6-19-34/h3-4,7-16,21H,1-2,5-6,17-20,22H2,(H,33,36). The highest BCUT2D eigenvalue weighted by molar-refractivity contribution is 8.04. The number of likely N-dealkylation sites (tertiary alicyclic amines) is 1. The molecule has 0 unspecified atom stereocenters. The first-order chi connectivity index (χ1) is 18.6. The quantitative estimate of drug-likeness (QED) is 0.375. The van der Waals surface area contributed by atoms with Crippen molar-refractivity contribution in [1.82, 2.24) is 10.2 Å². The fraction of sp³-hybridized carbons (Fsp3) is 0.290. The molecule has 0 aliphatic carbocycles. The summed E-state index contributed by atoms with van der Waals surface area (Å²) in [6.45, 7) is 4.10. The summed E-state index contributed by atoms with van der Waals surface area (Å²) in [6.07, 6.45) is 6.94. The summed E-state index contributed by atoms with van der Waals surface area (Å²) >= 11 is 1.44. The molecule has 38 heavy (non-hydrogen) atoms. The Morgan fingerprint density at radius 2 is 1.63 bits per heavy atom. The van der Waals surface area contributed by atoms with Crippen LogP contribution < -0.4 is 10.2 Å². The Balaban J connectivity index is 1.26. The molecular weight excluding hydrogens is 497 g/mol. The predicted octanol–water partition coefficient (Wildman–Crippen LogP) is 6.11. The number of nitrogens with one attached hydrogen (secondary N) is 1. The summed E-state index contributed by atoms with van der Waals surface area (Å²) in [5.74, 6) is -0.486. The third-order valence-electron chi connectivity index (χ3n) is 6.97. The van der Waals surface area contributed by atoms with Gasteiger partial charge in [0.15, 0.2) is 0 Å². The Hall–Kier alpha value is -3.42. The fourth-order valence-corrected chi connectivity index (χ4v) is 5.92. The zero-order valence-electron chi connectivity index (χ0n) is 21.4. The number of para-hydroxylation sites is 1. The minimum absolute atomic E-state index is 0.0819. The van der Waals surface area contributed by atoms with Crippen LogP contribution in [-0.4, -0.2) is 42.9 Å². The van der Waals surface area contributed by atoms with E-state index in [9.17, 15) is 14.0 Å². The largest absolute Gasteiger partial charge is 0.351 e. The summed E-state index contributed by atoms with van der Waals surface area (Å²) in [4.78, 5) is 31.9. The Kier molecular flexibility index (Phi) is 8.56. The molecular formula is C31H32FN3O2S. The molecule has 3 aromatic rings. The highest BCUT2D eigenvalue weighted by Gasteiger charge is 2.29. The van der Waals surface area contributed by atoms with Gasteiger partial charge in [-0.2, -0.15) is 0 Å². The van der Waals surface area contributed by atoms with E-state index in [2.05, 4.69) is 10.2 Å². The molecule has 2 aliphatic heterocycles. The topological polar surface area (TPSA) is 52.7 Å². The second-order valence-corrected chi connectivity index (χ2v) is 10.8. The van der Waals surface area contributed by atoms with E-state index in [1.54, 1.807) is 29.2 Å². The number of rotatable bonds is 7. The molecule has 196 valence electrons. The molecule has 1 fully saturated rings. The SMILES string of the molecule is O=C(NCCN1CCCCCC1)c1ccc(C=C2Sc3ccccc3N(Cc3ccc(F)cc3)C2=O)cc1. The number of carbonyl (C=O) groups excluding carboxylic acids is 2. The maximum absolute atomic E-state index is 13.5. The maximum atomic E-state index is 13.5. The van der Waals surface area contributed by atoms with Crippen molar-refractivity contribution >= 4 is 35.3 Å². The molecule has 1 N–H and O–H groups in total. The fourth-order valence-electron chi connectivity index (χ4n) is 4.86. The molecule has 0 bridgehead atoms. The Labute approximate surface area is 227 Å². The van der Waals surface area contributed by atoms with E-state index in [4.69, 9.17) is 0 Å². The number of thioether (sulfide) groups is 1. The Morgan fingerprint density at radius 3 is 2.37 bits per heavy atom. The first-order valence-electron chi connectivity index (χ1n) is 13.2. The number of nitrogens with zero attached hydrogens (tertiary/aromatic N) is 2. The van der Waals surface area contributed by atoms with E-state index in [1.165, 1.54) is 49.6 Å². The summed E-state index contributed by atoms with van der Waals surface area (Å²) < 4.78 is 13.4. The van der Waals surface area contributed by atoms with E-state index >= 15 is 0 Å². The molecule has 0 aromatic heterocycles. The van der Waals surface area contributed by atoms with E-state index in [0.717, 1.165) is 41.3 Å². The lowest BCUT2D eigenvalue weighted by Crippen LogP contribution is -2.35. The summed E-state index contributed by atoms with van der Waals surface area (Å²) in [6, 6.07) is 21.4. The van der Waals surface area contributed by atoms with Crippen LogP contribution >= 0.6 is 11.8 Å². The molecule has 7 heteroatoms. The van der Waals surface area contributed by atoms with Crippen molar-refractivity contribution in [2.45, 2.75) is 37.1 Å². The number of hydrogen-bond acceptors (Lipinski definition) is 4. The number of amides is 2. The van der Waals surface area contributed by atoms with Crippen LogP contribution in [0.1, 0.15) is 47.2 Å². The number of halogens is 1. The lowest BCUT2D eigenvalue weighted by molar-refractivity contribution is -0.114. The summed E-state index contributed by atoms with van der Waals surface area (Å²) in [7, 11) is 0. The zero-order chi connectivity index (χ0) is 26.3. The highest BCUT2D eigenvalue weighted by Crippen LogP contribution is 2.42. The number of benzene rings is 3. The van der Waals surface area contributed by atoms with Crippen LogP contribution in [0.5, 0.6) is 0 Å². The summed E-state index contributed by atoms with van der Waals surface area (Å²) in [5, 5.41) is 3.03. The van der Waals surface area contributed by atoms with Gasteiger partial charge in [-0.3, -0.25) is 9.59 Å². The average molecular weight is 530 g/mol. The second kappa shape index (κ2) is 12.4. The highest BCUT2D eigenvalue weighted by atomic mass is 32.2.